The summed E-state index contributed by atoms with van der Waals surface area (Å²) in [5, 5.41) is 2.43. The lowest BCUT2D eigenvalue weighted by molar-refractivity contribution is 0.582. The zero-order valence-electron chi connectivity index (χ0n) is 21.8. The van der Waals surface area contributed by atoms with Crippen molar-refractivity contribution < 1.29 is 4.42 Å². The molecule has 0 unspecified atom stereocenters. The zero-order valence-corrected chi connectivity index (χ0v) is 21.8. The molecule has 0 atom stereocenters. The lowest BCUT2D eigenvalue weighted by Crippen LogP contribution is -1.96. The Hall–Kier alpha value is -5.42. The first-order valence-electron chi connectivity index (χ1n) is 13.3. The van der Waals surface area contributed by atoms with Crippen LogP contribution in [0.4, 0.5) is 0 Å². The van der Waals surface area contributed by atoms with Gasteiger partial charge in [0.2, 0.25) is 0 Å². The van der Waals surface area contributed by atoms with Crippen LogP contribution in [-0.4, -0.2) is 19.1 Å². The third kappa shape index (κ3) is 3.48. The first-order chi connectivity index (χ1) is 19.7. The number of nitrogens with zero attached hydrogens (tertiary/aromatic N) is 4. The maximum atomic E-state index is 5.63. The second-order valence-electron chi connectivity index (χ2n) is 10.0. The number of furan rings is 1. The second-order valence-corrected chi connectivity index (χ2v) is 10.0. The molecule has 4 aromatic carbocycles. The van der Waals surface area contributed by atoms with E-state index in [9.17, 15) is 0 Å². The van der Waals surface area contributed by atoms with Crippen molar-refractivity contribution in [2.24, 2.45) is 7.05 Å². The molecule has 4 aromatic heterocycles. The monoisotopic (exact) mass is 516 g/mol. The number of pyridine rings is 1. The Morgan fingerprint density at radius 2 is 1.48 bits per heavy atom. The van der Waals surface area contributed by atoms with E-state index in [0.29, 0.717) is 0 Å². The summed E-state index contributed by atoms with van der Waals surface area (Å²) in [5.41, 5.74) is 9.57. The molecule has 8 aromatic rings. The van der Waals surface area contributed by atoms with E-state index in [1.165, 1.54) is 16.3 Å². The standard InChI is InChI=1S/C35H24N4O/c1-38-33-21-24(34-13-7-19-40-34)15-17-30(33)37-35(38)25-14-16-28-27-10-2-3-12-31(27)39(32(28)22-25)26-9-6-8-23(20-26)29-11-4-5-18-36-29/h2-22H,1H3. The van der Waals surface area contributed by atoms with E-state index in [-0.39, 0.29) is 0 Å². The molecule has 0 bridgehead atoms. The third-order valence-electron chi connectivity index (χ3n) is 7.68. The summed E-state index contributed by atoms with van der Waals surface area (Å²) < 4.78 is 10.1. The molecule has 40 heavy (non-hydrogen) atoms. The predicted molar refractivity (Wildman–Crippen MR) is 161 cm³/mol. The summed E-state index contributed by atoms with van der Waals surface area (Å²) in [5.74, 6) is 1.77. The Morgan fingerprint density at radius 3 is 2.35 bits per heavy atom. The first-order valence-corrected chi connectivity index (χ1v) is 13.3. The normalized spacial score (nSPS) is 11.6. The lowest BCUT2D eigenvalue weighted by Gasteiger charge is -2.11. The Kier molecular flexibility index (Phi) is 4.97. The van der Waals surface area contributed by atoms with E-state index in [1.54, 1.807) is 6.26 Å². The molecule has 0 aliphatic rings. The third-order valence-corrected chi connectivity index (χ3v) is 7.68. The molecule has 190 valence electrons. The summed E-state index contributed by atoms with van der Waals surface area (Å²) >= 11 is 0. The van der Waals surface area contributed by atoms with E-state index >= 15 is 0 Å². The van der Waals surface area contributed by atoms with Crippen molar-refractivity contribution in [3.8, 4) is 39.7 Å². The molecule has 5 nitrogen and oxygen atoms in total. The number of hydrogen-bond acceptors (Lipinski definition) is 3. The molecular weight excluding hydrogens is 492 g/mol. The van der Waals surface area contributed by atoms with E-state index in [1.807, 2.05) is 36.5 Å². The van der Waals surface area contributed by atoms with Gasteiger partial charge in [-0.15, -0.1) is 0 Å². The summed E-state index contributed by atoms with van der Waals surface area (Å²) in [6, 6.07) is 40.0. The molecule has 0 amide bonds. The SMILES string of the molecule is Cn1c(-c2ccc3c4ccccc4n(-c4cccc(-c5ccccn5)c4)c3c2)nc2ccc(-c3ccco3)cc21. The number of hydrogen-bond donors (Lipinski definition) is 0. The van der Waals surface area contributed by atoms with Gasteiger partial charge in [-0.3, -0.25) is 4.98 Å². The van der Waals surface area contributed by atoms with E-state index in [2.05, 4.69) is 106 Å². The predicted octanol–water partition coefficient (Wildman–Crippen LogP) is 8.66. The molecule has 0 spiro atoms. The van der Waals surface area contributed by atoms with Gasteiger partial charge in [-0.25, -0.2) is 4.98 Å². The first kappa shape index (κ1) is 22.6. The summed E-state index contributed by atoms with van der Waals surface area (Å²) in [7, 11) is 2.08. The van der Waals surface area contributed by atoms with E-state index in [0.717, 1.165) is 56.2 Å². The fraction of sp³-hybridized carbons (Fsp3) is 0.0286. The molecule has 0 saturated heterocycles. The number of imidazole rings is 1. The highest BCUT2D eigenvalue weighted by Gasteiger charge is 2.17. The number of aryl methyl sites for hydroxylation is 1. The molecule has 5 heteroatoms. The van der Waals surface area contributed by atoms with Crippen molar-refractivity contribution in [2.75, 3.05) is 0 Å². The van der Waals surface area contributed by atoms with Crippen molar-refractivity contribution in [1.29, 1.82) is 0 Å². The smallest absolute Gasteiger partial charge is 0.140 e. The van der Waals surface area contributed by atoms with Gasteiger partial charge in [-0.2, -0.15) is 0 Å². The van der Waals surface area contributed by atoms with Crippen molar-refractivity contribution in [3.63, 3.8) is 0 Å². The van der Waals surface area contributed by atoms with Crippen LogP contribution in [0.2, 0.25) is 0 Å². The van der Waals surface area contributed by atoms with Crippen molar-refractivity contribution >= 4 is 32.8 Å². The number of benzene rings is 4. The van der Waals surface area contributed by atoms with Gasteiger partial charge < -0.3 is 13.6 Å². The molecule has 4 heterocycles. The maximum Gasteiger partial charge on any atom is 0.140 e. The van der Waals surface area contributed by atoms with Gasteiger partial charge in [0.15, 0.2) is 0 Å². The molecule has 0 saturated carbocycles. The minimum atomic E-state index is 0.850. The fourth-order valence-corrected chi connectivity index (χ4v) is 5.77. The van der Waals surface area contributed by atoms with Crippen LogP contribution < -0.4 is 0 Å². The van der Waals surface area contributed by atoms with Gasteiger partial charge in [0.05, 0.1) is 34.0 Å². The number of fused-ring (bicyclic) bond motifs is 4. The van der Waals surface area contributed by atoms with Crippen molar-refractivity contribution in [3.05, 3.63) is 128 Å². The van der Waals surface area contributed by atoms with E-state index in [4.69, 9.17) is 9.40 Å². The van der Waals surface area contributed by atoms with Gasteiger partial charge >= 0.3 is 0 Å². The summed E-state index contributed by atoms with van der Waals surface area (Å²) in [4.78, 5) is 9.61. The van der Waals surface area contributed by atoms with Gasteiger partial charge in [0.25, 0.3) is 0 Å². The van der Waals surface area contributed by atoms with E-state index < -0.39 is 0 Å². The van der Waals surface area contributed by atoms with Crippen LogP contribution in [0.15, 0.2) is 132 Å². The largest absolute Gasteiger partial charge is 0.464 e. The highest BCUT2D eigenvalue weighted by Crippen LogP contribution is 2.36. The highest BCUT2D eigenvalue weighted by atomic mass is 16.3. The topological polar surface area (TPSA) is 48.8 Å². The van der Waals surface area contributed by atoms with Gasteiger partial charge in [-0.05, 0) is 66.7 Å². The van der Waals surface area contributed by atoms with Crippen LogP contribution in [0.5, 0.6) is 0 Å². The minimum absolute atomic E-state index is 0.850. The average molecular weight is 517 g/mol. The van der Waals surface area contributed by atoms with Gasteiger partial charge in [0, 0.05) is 46.4 Å². The number of aromatic nitrogens is 4. The zero-order chi connectivity index (χ0) is 26.6. The number of rotatable bonds is 4. The number of para-hydroxylation sites is 1. The molecule has 0 aliphatic carbocycles. The second kappa shape index (κ2) is 8.82. The minimum Gasteiger partial charge on any atom is -0.464 e. The van der Waals surface area contributed by atoms with Crippen LogP contribution in [0.1, 0.15) is 0 Å². The Morgan fingerprint density at radius 1 is 0.625 bits per heavy atom. The molecular formula is C35H24N4O. The molecule has 8 rings (SSSR count). The molecule has 0 fully saturated rings. The highest BCUT2D eigenvalue weighted by molar-refractivity contribution is 6.10. The summed E-state index contributed by atoms with van der Waals surface area (Å²) in [6.07, 6.45) is 3.54. The fourth-order valence-electron chi connectivity index (χ4n) is 5.77. The van der Waals surface area contributed by atoms with Crippen molar-refractivity contribution in [1.82, 2.24) is 19.1 Å². The van der Waals surface area contributed by atoms with Crippen LogP contribution in [0.3, 0.4) is 0 Å². The quantitative estimate of drug-likeness (QED) is 0.235. The molecule has 0 aliphatic heterocycles. The Labute approximate surface area is 230 Å². The average Bonchev–Trinajstić information content (AvgIpc) is 3.74. The van der Waals surface area contributed by atoms with Crippen LogP contribution >= 0.6 is 0 Å². The summed E-state index contributed by atoms with van der Waals surface area (Å²) in [6.45, 7) is 0. The van der Waals surface area contributed by atoms with Crippen LogP contribution in [0, 0.1) is 0 Å². The van der Waals surface area contributed by atoms with Gasteiger partial charge in [-0.1, -0.05) is 48.5 Å². The maximum absolute atomic E-state index is 5.63. The lowest BCUT2D eigenvalue weighted by atomic mass is 10.1. The van der Waals surface area contributed by atoms with Crippen molar-refractivity contribution in [2.45, 2.75) is 0 Å². The molecule has 0 N–H and O–H groups in total. The Balaban J connectivity index is 1.33. The van der Waals surface area contributed by atoms with Gasteiger partial charge in [0.1, 0.15) is 11.6 Å². The Bertz CT molecular complexity index is 2170. The van der Waals surface area contributed by atoms with Crippen LogP contribution in [-0.2, 0) is 7.05 Å². The molecule has 0 radical (unpaired) electrons. The van der Waals surface area contributed by atoms with Crippen LogP contribution in [0.25, 0.3) is 72.5 Å².